The van der Waals surface area contributed by atoms with Crippen LogP contribution in [0.1, 0.15) is 5.56 Å². The second kappa shape index (κ2) is 5.07. The van der Waals surface area contributed by atoms with Crippen molar-refractivity contribution in [1.82, 2.24) is 4.98 Å². The van der Waals surface area contributed by atoms with E-state index in [1.807, 2.05) is 0 Å². The molecule has 0 amide bonds. The molecule has 100 valence electrons. The molecule has 2 rings (SSSR count). The normalized spacial score (nSPS) is 11.3. The Labute approximate surface area is 116 Å². The molecule has 7 heteroatoms. The molecule has 0 radical (unpaired) electrons. The Morgan fingerprint density at radius 3 is 2.74 bits per heavy atom. The van der Waals surface area contributed by atoms with Crippen molar-refractivity contribution < 1.29 is 8.42 Å². The highest BCUT2D eigenvalue weighted by molar-refractivity contribution is 7.92. The first-order chi connectivity index (χ1) is 8.90. The van der Waals surface area contributed by atoms with Gasteiger partial charge in [-0.25, -0.2) is 8.42 Å². The highest BCUT2D eigenvalue weighted by atomic mass is 35.5. The summed E-state index contributed by atoms with van der Waals surface area (Å²) in [7, 11) is -3.68. The molecular weight excluding hydrogens is 286 g/mol. The predicted octanol–water partition coefficient (Wildman–Crippen LogP) is 2.43. The summed E-state index contributed by atoms with van der Waals surface area (Å²) in [5, 5.41) is 0.300. The summed E-state index contributed by atoms with van der Waals surface area (Å²) in [4.78, 5) is 3.87. The lowest BCUT2D eigenvalue weighted by Crippen LogP contribution is -2.14. The van der Waals surface area contributed by atoms with Gasteiger partial charge in [0.25, 0.3) is 10.0 Å². The minimum atomic E-state index is -3.68. The number of anilines is 2. The SMILES string of the molecule is Cc1cc(N)c(Cl)cc1NS(=O)(=O)c1cccnc1. The Morgan fingerprint density at radius 1 is 1.37 bits per heavy atom. The van der Waals surface area contributed by atoms with Crippen LogP contribution in [0.2, 0.25) is 5.02 Å². The van der Waals surface area contributed by atoms with Crippen LogP contribution in [0.3, 0.4) is 0 Å². The number of hydrogen-bond acceptors (Lipinski definition) is 4. The number of nitrogens with one attached hydrogen (secondary N) is 1. The molecule has 19 heavy (non-hydrogen) atoms. The predicted molar refractivity (Wildman–Crippen MR) is 75.6 cm³/mol. The summed E-state index contributed by atoms with van der Waals surface area (Å²) in [6.45, 7) is 1.74. The zero-order valence-corrected chi connectivity index (χ0v) is 11.7. The fourth-order valence-electron chi connectivity index (χ4n) is 1.52. The zero-order valence-electron chi connectivity index (χ0n) is 10.1. The molecule has 0 atom stereocenters. The maximum Gasteiger partial charge on any atom is 0.263 e. The topological polar surface area (TPSA) is 85.1 Å². The molecule has 1 heterocycles. The average molecular weight is 298 g/mol. The summed E-state index contributed by atoms with van der Waals surface area (Å²) in [5.41, 5.74) is 7.13. The Balaban J connectivity index is 2.39. The molecule has 0 aliphatic carbocycles. The number of sulfonamides is 1. The standard InChI is InChI=1S/C12H12ClN3O2S/c1-8-5-11(14)10(13)6-12(8)16-19(17,18)9-3-2-4-15-7-9/h2-7,16H,14H2,1H3. The summed E-state index contributed by atoms with van der Waals surface area (Å²) >= 11 is 5.89. The van der Waals surface area contributed by atoms with Gasteiger partial charge in [-0.15, -0.1) is 0 Å². The van der Waals surface area contributed by atoms with E-state index in [2.05, 4.69) is 9.71 Å². The fraction of sp³-hybridized carbons (Fsp3) is 0.0833. The number of rotatable bonds is 3. The van der Waals surface area contributed by atoms with Gasteiger partial charge in [-0.2, -0.15) is 0 Å². The molecule has 5 nitrogen and oxygen atoms in total. The third-order valence-electron chi connectivity index (χ3n) is 2.53. The average Bonchev–Trinajstić information content (AvgIpc) is 2.37. The van der Waals surface area contributed by atoms with Gasteiger partial charge in [-0.3, -0.25) is 9.71 Å². The lowest BCUT2D eigenvalue weighted by molar-refractivity contribution is 0.601. The highest BCUT2D eigenvalue weighted by Crippen LogP contribution is 2.28. The van der Waals surface area contributed by atoms with Crippen LogP contribution < -0.4 is 10.5 Å². The summed E-state index contributed by atoms with van der Waals surface area (Å²) in [5.74, 6) is 0. The minimum absolute atomic E-state index is 0.0855. The lowest BCUT2D eigenvalue weighted by Gasteiger charge is -2.11. The van der Waals surface area contributed by atoms with E-state index in [1.165, 1.54) is 24.5 Å². The van der Waals surface area contributed by atoms with Crippen molar-refractivity contribution in [1.29, 1.82) is 0 Å². The van der Waals surface area contributed by atoms with Crippen molar-refractivity contribution in [3.8, 4) is 0 Å². The molecule has 2 aromatic rings. The third kappa shape index (κ3) is 2.97. The largest absolute Gasteiger partial charge is 0.398 e. The van der Waals surface area contributed by atoms with Crippen LogP contribution in [0.25, 0.3) is 0 Å². The van der Waals surface area contributed by atoms with Gasteiger partial charge in [-0.1, -0.05) is 11.6 Å². The molecular formula is C12H12ClN3O2S. The van der Waals surface area contributed by atoms with E-state index >= 15 is 0 Å². The molecule has 0 aliphatic heterocycles. The van der Waals surface area contributed by atoms with Crippen LogP contribution in [0.4, 0.5) is 11.4 Å². The van der Waals surface area contributed by atoms with Crippen LogP contribution in [0.5, 0.6) is 0 Å². The van der Waals surface area contributed by atoms with Gasteiger partial charge in [0.05, 0.1) is 16.4 Å². The lowest BCUT2D eigenvalue weighted by atomic mass is 10.2. The summed E-state index contributed by atoms with van der Waals surface area (Å²) < 4.78 is 26.7. The smallest absolute Gasteiger partial charge is 0.263 e. The summed E-state index contributed by atoms with van der Waals surface area (Å²) in [6, 6.07) is 6.12. The van der Waals surface area contributed by atoms with E-state index in [9.17, 15) is 8.42 Å². The maximum atomic E-state index is 12.1. The van der Waals surface area contributed by atoms with Crippen molar-refractivity contribution in [2.24, 2.45) is 0 Å². The fourth-order valence-corrected chi connectivity index (χ4v) is 2.77. The van der Waals surface area contributed by atoms with Crippen LogP contribution in [-0.2, 0) is 10.0 Å². The van der Waals surface area contributed by atoms with E-state index < -0.39 is 10.0 Å². The van der Waals surface area contributed by atoms with Gasteiger partial charge in [0, 0.05) is 12.4 Å². The van der Waals surface area contributed by atoms with Crippen molar-refractivity contribution >= 4 is 33.0 Å². The Morgan fingerprint density at radius 2 is 2.11 bits per heavy atom. The molecule has 0 spiro atoms. The number of nitrogens with two attached hydrogens (primary N) is 1. The highest BCUT2D eigenvalue weighted by Gasteiger charge is 2.16. The van der Waals surface area contributed by atoms with Gasteiger partial charge >= 0.3 is 0 Å². The molecule has 0 saturated heterocycles. The first kappa shape index (κ1) is 13.6. The zero-order chi connectivity index (χ0) is 14.0. The molecule has 1 aromatic heterocycles. The number of benzene rings is 1. The molecule has 0 saturated carbocycles. The van der Waals surface area contributed by atoms with Crippen molar-refractivity contribution in [3.63, 3.8) is 0 Å². The van der Waals surface area contributed by atoms with E-state index in [4.69, 9.17) is 17.3 Å². The van der Waals surface area contributed by atoms with Gasteiger partial charge in [-0.05, 0) is 36.8 Å². The van der Waals surface area contributed by atoms with Crippen molar-refractivity contribution in [2.45, 2.75) is 11.8 Å². The monoisotopic (exact) mass is 297 g/mol. The van der Waals surface area contributed by atoms with Crippen LogP contribution >= 0.6 is 11.6 Å². The van der Waals surface area contributed by atoms with Gasteiger partial charge in [0.2, 0.25) is 0 Å². The van der Waals surface area contributed by atoms with Gasteiger partial charge in [0.1, 0.15) is 4.90 Å². The minimum Gasteiger partial charge on any atom is -0.398 e. The number of nitrogens with zero attached hydrogens (tertiary/aromatic N) is 1. The number of hydrogen-bond donors (Lipinski definition) is 2. The molecule has 0 unspecified atom stereocenters. The second-order valence-electron chi connectivity index (χ2n) is 3.98. The number of aromatic nitrogens is 1. The number of aryl methyl sites for hydroxylation is 1. The third-order valence-corrected chi connectivity index (χ3v) is 4.21. The number of pyridine rings is 1. The first-order valence-corrected chi connectivity index (χ1v) is 7.25. The Hall–Kier alpha value is -1.79. The van der Waals surface area contributed by atoms with E-state index in [-0.39, 0.29) is 4.90 Å². The van der Waals surface area contributed by atoms with E-state index in [0.717, 1.165) is 0 Å². The van der Waals surface area contributed by atoms with E-state index in [1.54, 1.807) is 19.1 Å². The van der Waals surface area contributed by atoms with Gasteiger partial charge < -0.3 is 5.73 Å². The number of halogens is 1. The molecule has 1 aromatic carbocycles. The number of nitrogen functional groups attached to an aromatic ring is 1. The van der Waals surface area contributed by atoms with E-state index in [0.29, 0.717) is 22.0 Å². The molecule has 0 fully saturated rings. The van der Waals surface area contributed by atoms with Crippen molar-refractivity contribution in [2.75, 3.05) is 10.5 Å². The summed E-state index contributed by atoms with van der Waals surface area (Å²) in [6.07, 6.45) is 2.78. The van der Waals surface area contributed by atoms with Crippen LogP contribution in [0, 0.1) is 6.92 Å². The first-order valence-electron chi connectivity index (χ1n) is 5.38. The molecule has 0 bridgehead atoms. The maximum absolute atomic E-state index is 12.1. The van der Waals surface area contributed by atoms with Crippen LogP contribution in [0.15, 0.2) is 41.6 Å². The van der Waals surface area contributed by atoms with Crippen molar-refractivity contribution in [3.05, 3.63) is 47.2 Å². The van der Waals surface area contributed by atoms with Crippen LogP contribution in [-0.4, -0.2) is 13.4 Å². The quantitative estimate of drug-likeness (QED) is 0.852. The Bertz CT molecular complexity index is 702. The Kier molecular flexibility index (Phi) is 3.64. The molecule has 3 N–H and O–H groups in total. The molecule has 0 aliphatic rings. The second-order valence-corrected chi connectivity index (χ2v) is 6.07. The van der Waals surface area contributed by atoms with Gasteiger partial charge in [0.15, 0.2) is 0 Å².